The highest BCUT2D eigenvalue weighted by atomic mass is 32.2. The minimum atomic E-state index is -3.22. The number of piperidine rings is 1. The monoisotopic (exact) mass is 476 g/mol. The van der Waals surface area contributed by atoms with Crippen molar-refractivity contribution in [2.24, 2.45) is 0 Å². The average molecular weight is 477 g/mol. The van der Waals surface area contributed by atoms with E-state index in [2.05, 4.69) is 43.5 Å². The lowest BCUT2D eigenvalue weighted by molar-refractivity contribution is 0.373. The summed E-state index contributed by atoms with van der Waals surface area (Å²) in [5.74, 6) is 1.22. The summed E-state index contributed by atoms with van der Waals surface area (Å²) in [6.45, 7) is 6.05. The van der Waals surface area contributed by atoms with Crippen LogP contribution in [-0.2, 0) is 9.84 Å². The first-order chi connectivity index (χ1) is 16.3. The van der Waals surface area contributed by atoms with Crippen molar-refractivity contribution in [1.29, 1.82) is 0 Å². The Morgan fingerprint density at radius 1 is 0.941 bits per heavy atom. The highest BCUT2D eigenvalue weighted by Gasteiger charge is 2.24. The van der Waals surface area contributed by atoms with Gasteiger partial charge in [-0.2, -0.15) is 5.10 Å². The first kappa shape index (κ1) is 22.5. The van der Waals surface area contributed by atoms with Crippen molar-refractivity contribution in [1.82, 2.24) is 24.7 Å². The standard InChI is InChI=1S/C25H28N6O2S/c1-17(2)20-13-27-25(28-14-20)30-10-8-21(9-11-30)31-24-16-26-23(12-19(24)15-29-31)18-4-6-22(7-5-18)34(3,32)33/h4-7,12-17,21H,8-11H2,1-3H3. The molecule has 1 saturated heterocycles. The summed E-state index contributed by atoms with van der Waals surface area (Å²) >= 11 is 0. The second-order valence-electron chi connectivity index (χ2n) is 9.20. The third-order valence-electron chi connectivity index (χ3n) is 6.48. The molecule has 0 unspecified atom stereocenters. The zero-order valence-electron chi connectivity index (χ0n) is 19.6. The Labute approximate surface area is 199 Å². The van der Waals surface area contributed by atoms with E-state index in [4.69, 9.17) is 0 Å². The van der Waals surface area contributed by atoms with E-state index in [1.807, 2.05) is 30.9 Å². The number of pyridine rings is 1. The maximum absolute atomic E-state index is 11.7. The van der Waals surface area contributed by atoms with Crippen molar-refractivity contribution >= 4 is 26.7 Å². The molecule has 8 nitrogen and oxygen atoms in total. The molecule has 0 radical (unpaired) electrons. The molecular weight excluding hydrogens is 448 g/mol. The van der Waals surface area contributed by atoms with Gasteiger partial charge >= 0.3 is 0 Å². The molecule has 1 aliphatic rings. The fourth-order valence-corrected chi connectivity index (χ4v) is 5.00. The molecule has 34 heavy (non-hydrogen) atoms. The van der Waals surface area contributed by atoms with Crippen LogP contribution in [0.3, 0.4) is 0 Å². The largest absolute Gasteiger partial charge is 0.341 e. The van der Waals surface area contributed by atoms with Gasteiger partial charge in [-0.3, -0.25) is 9.67 Å². The van der Waals surface area contributed by atoms with E-state index in [0.29, 0.717) is 16.9 Å². The number of benzene rings is 1. The maximum atomic E-state index is 11.7. The zero-order valence-corrected chi connectivity index (χ0v) is 20.4. The molecule has 0 aliphatic carbocycles. The van der Waals surface area contributed by atoms with E-state index >= 15 is 0 Å². The van der Waals surface area contributed by atoms with E-state index in [1.54, 1.807) is 24.3 Å². The Hall–Kier alpha value is -3.33. The molecule has 0 bridgehead atoms. The maximum Gasteiger partial charge on any atom is 0.225 e. The van der Waals surface area contributed by atoms with Gasteiger partial charge in [-0.1, -0.05) is 26.0 Å². The number of hydrogen-bond donors (Lipinski definition) is 0. The Morgan fingerprint density at radius 2 is 1.62 bits per heavy atom. The quantitative estimate of drug-likeness (QED) is 0.425. The van der Waals surface area contributed by atoms with Crippen LogP contribution in [0.1, 0.15) is 44.2 Å². The topological polar surface area (TPSA) is 93.9 Å². The van der Waals surface area contributed by atoms with E-state index in [9.17, 15) is 8.42 Å². The molecule has 176 valence electrons. The highest BCUT2D eigenvalue weighted by molar-refractivity contribution is 7.90. The number of aromatic nitrogens is 5. The van der Waals surface area contributed by atoms with Crippen LogP contribution in [0.2, 0.25) is 0 Å². The molecule has 4 aromatic rings. The minimum absolute atomic E-state index is 0.297. The Kier molecular flexibility index (Phi) is 5.81. The fraction of sp³-hybridized carbons (Fsp3) is 0.360. The molecule has 0 N–H and O–H groups in total. The van der Waals surface area contributed by atoms with Crippen LogP contribution in [0, 0.1) is 0 Å². The van der Waals surface area contributed by atoms with Crippen molar-refractivity contribution in [3.05, 3.63) is 60.7 Å². The predicted octanol–water partition coefficient (Wildman–Crippen LogP) is 4.26. The van der Waals surface area contributed by atoms with E-state index in [0.717, 1.165) is 59.6 Å². The first-order valence-corrected chi connectivity index (χ1v) is 13.4. The number of fused-ring (bicyclic) bond motifs is 1. The summed E-state index contributed by atoms with van der Waals surface area (Å²) in [5, 5.41) is 5.70. The molecule has 3 aromatic heterocycles. The van der Waals surface area contributed by atoms with Gasteiger partial charge in [-0.15, -0.1) is 0 Å². The van der Waals surface area contributed by atoms with Gasteiger partial charge in [0.2, 0.25) is 5.95 Å². The smallest absolute Gasteiger partial charge is 0.225 e. The lowest BCUT2D eigenvalue weighted by Gasteiger charge is -2.32. The highest BCUT2D eigenvalue weighted by Crippen LogP contribution is 2.29. The third kappa shape index (κ3) is 4.40. The SMILES string of the molecule is CC(C)c1cnc(N2CCC(n3ncc4cc(-c5ccc(S(C)(=O)=O)cc5)ncc43)CC2)nc1. The van der Waals surface area contributed by atoms with Gasteiger partial charge in [-0.05, 0) is 42.5 Å². The third-order valence-corrected chi connectivity index (χ3v) is 7.61. The van der Waals surface area contributed by atoms with Crippen molar-refractivity contribution < 1.29 is 8.42 Å². The minimum Gasteiger partial charge on any atom is -0.341 e. The normalized spacial score (nSPS) is 15.4. The molecule has 0 atom stereocenters. The Balaban J connectivity index is 1.31. The van der Waals surface area contributed by atoms with Gasteiger partial charge in [0.1, 0.15) is 0 Å². The Morgan fingerprint density at radius 3 is 2.24 bits per heavy atom. The van der Waals surface area contributed by atoms with Crippen LogP contribution in [0.15, 0.2) is 60.0 Å². The molecular formula is C25H28N6O2S. The molecule has 5 rings (SSSR count). The predicted molar refractivity (Wildman–Crippen MR) is 133 cm³/mol. The number of hydrogen-bond acceptors (Lipinski definition) is 7. The van der Waals surface area contributed by atoms with Gasteiger partial charge in [-0.25, -0.2) is 18.4 Å². The average Bonchev–Trinajstić information content (AvgIpc) is 3.27. The molecule has 0 spiro atoms. The lowest BCUT2D eigenvalue weighted by Crippen LogP contribution is -2.36. The second-order valence-corrected chi connectivity index (χ2v) is 11.2. The van der Waals surface area contributed by atoms with Crippen LogP contribution >= 0.6 is 0 Å². The van der Waals surface area contributed by atoms with Crippen LogP contribution in [-0.4, -0.2) is 52.5 Å². The van der Waals surface area contributed by atoms with Crippen molar-refractivity contribution in [2.75, 3.05) is 24.2 Å². The summed E-state index contributed by atoms with van der Waals surface area (Å²) in [6.07, 6.45) is 10.7. The summed E-state index contributed by atoms with van der Waals surface area (Å²) in [5.41, 5.74) is 3.83. The number of sulfone groups is 1. The van der Waals surface area contributed by atoms with Gasteiger partial charge < -0.3 is 4.90 Å². The van der Waals surface area contributed by atoms with Crippen molar-refractivity contribution in [2.45, 2.75) is 43.5 Å². The number of nitrogens with zero attached hydrogens (tertiary/aromatic N) is 6. The molecule has 1 aromatic carbocycles. The van der Waals surface area contributed by atoms with E-state index in [-0.39, 0.29) is 0 Å². The van der Waals surface area contributed by atoms with Crippen LogP contribution < -0.4 is 4.90 Å². The molecule has 0 saturated carbocycles. The molecule has 0 amide bonds. The fourth-order valence-electron chi connectivity index (χ4n) is 4.37. The van der Waals surface area contributed by atoms with E-state index < -0.39 is 9.84 Å². The van der Waals surface area contributed by atoms with Crippen molar-refractivity contribution in [3.8, 4) is 11.3 Å². The summed E-state index contributed by atoms with van der Waals surface area (Å²) in [6, 6.07) is 9.13. The van der Waals surface area contributed by atoms with E-state index in [1.165, 1.54) is 6.26 Å². The Bertz CT molecular complexity index is 1400. The van der Waals surface area contributed by atoms with Gasteiger partial charge in [0.05, 0.1) is 34.5 Å². The molecule has 1 aliphatic heterocycles. The molecule has 4 heterocycles. The number of anilines is 1. The van der Waals surface area contributed by atoms with Crippen LogP contribution in [0.4, 0.5) is 5.95 Å². The second kappa shape index (κ2) is 8.79. The van der Waals surface area contributed by atoms with Gasteiger partial charge in [0, 0.05) is 42.7 Å². The first-order valence-electron chi connectivity index (χ1n) is 11.5. The summed E-state index contributed by atoms with van der Waals surface area (Å²) in [4.78, 5) is 16.3. The summed E-state index contributed by atoms with van der Waals surface area (Å²) < 4.78 is 25.5. The van der Waals surface area contributed by atoms with Crippen LogP contribution in [0.25, 0.3) is 22.2 Å². The van der Waals surface area contributed by atoms with Gasteiger partial charge in [0.25, 0.3) is 0 Å². The number of rotatable bonds is 5. The molecule has 1 fully saturated rings. The van der Waals surface area contributed by atoms with Gasteiger partial charge in [0.15, 0.2) is 9.84 Å². The van der Waals surface area contributed by atoms with Crippen LogP contribution in [0.5, 0.6) is 0 Å². The summed E-state index contributed by atoms with van der Waals surface area (Å²) in [7, 11) is -3.22. The lowest BCUT2D eigenvalue weighted by atomic mass is 10.1. The van der Waals surface area contributed by atoms with Crippen molar-refractivity contribution in [3.63, 3.8) is 0 Å². The zero-order chi connectivity index (χ0) is 23.9. The molecule has 9 heteroatoms.